The van der Waals surface area contributed by atoms with Crippen molar-refractivity contribution in [2.24, 2.45) is 0 Å². The van der Waals surface area contributed by atoms with E-state index in [0.29, 0.717) is 57.9 Å². The Balaban J connectivity index is 1.30. The summed E-state index contributed by atoms with van der Waals surface area (Å²) in [4.78, 5) is 22.3. The molecular formula is C19H24ClF4N5O. The van der Waals surface area contributed by atoms with Gasteiger partial charge in [0.2, 0.25) is 5.91 Å². The molecule has 3 saturated heterocycles. The van der Waals surface area contributed by atoms with Crippen molar-refractivity contribution in [3.8, 4) is 0 Å². The molecule has 0 spiro atoms. The van der Waals surface area contributed by atoms with E-state index in [4.69, 9.17) is 11.6 Å². The molecule has 30 heavy (non-hydrogen) atoms. The van der Waals surface area contributed by atoms with Crippen LogP contribution in [-0.2, 0) is 11.0 Å². The molecule has 1 aromatic rings. The monoisotopic (exact) mass is 449 g/mol. The molecule has 1 amide bonds. The molecule has 3 aliphatic rings. The van der Waals surface area contributed by atoms with E-state index in [1.807, 2.05) is 4.90 Å². The van der Waals surface area contributed by atoms with Gasteiger partial charge in [-0.15, -0.1) is 0 Å². The average molecular weight is 450 g/mol. The first-order valence-corrected chi connectivity index (χ1v) is 10.5. The normalized spacial score (nSPS) is 28.4. The lowest BCUT2D eigenvalue weighted by atomic mass is 10.1. The SMILES string of the molecule is O=C([C@@H]1C[C@H](N2CCN(c3ncc(C(F)(F)F)cc3Cl)CC2)CN1)N1CCC(F)C1. The van der Waals surface area contributed by atoms with Gasteiger partial charge in [0.15, 0.2) is 0 Å². The highest BCUT2D eigenvalue weighted by Crippen LogP contribution is 2.34. The number of carbonyl (C=O) groups is 1. The molecular weight excluding hydrogens is 426 g/mol. The number of amides is 1. The number of rotatable bonds is 3. The van der Waals surface area contributed by atoms with Gasteiger partial charge in [-0.3, -0.25) is 9.69 Å². The van der Waals surface area contributed by atoms with E-state index in [1.165, 1.54) is 0 Å². The first-order valence-electron chi connectivity index (χ1n) is 10.1. The van der Waals surface area contributed by atoms with Crippen LogP contribution in [0.4, 0.5) is 23.4 Å². The minimum absolute atomic E-state index is 0.0109. The number of nitrogens with zero attached hydrogens (tertiary/aromatic N) is 4. The lowest BCUT2D eigenvalue weighted by molar-refractivity contribution is -0.137. The number of alkyl halides is 4. The quantitative estimate of drug-likeness (QED) is 0.717. The topological polar surface area (TPSA) is 51.7 Å². The van der Waals surface area contributed by atoms with Crippen molar-refractivity contribution in [3.05, 3.63) is 22.8 Å². The third-order valence-electron chi connectivity index (χ3n) is 6.13. The summed E-state index contributed by atoms with van der Waals surface area (Å²) in [5, 5.41) is 3.25. The number of anilines is 1. The Morgan fingerprint density at radius 3 is 2.53 bits per heavy atom. The molecule has 166 valence electrons. The second kappa shape index (κ2) is 8.47. The molecule has 4 heterocycles. The average Bonchev–Trinajstić information content (AvgIpc) is 3.36. The lowest BCUT2D eigenvalue weighted by Gasteiger charge is -2.38. The minimum atomic E-state index is -4.47. The summed E-state index contributed by atoms with van der Waals surface area (Å²) >= 11 is 6.06. The van der Waals surface area contributed by atoms with Crippen LogP contribution in [0.1, 0.15) is 18.4 Å². The molecule has 1 unspecified atom stereocenters. The molecule has 4 rings (SSSR count). The summed E-state index contributed by atoms with van der Waals surface area (Å²) in [7, 11) is 0. The summed E-state index contributed by atoms with van der Waals surface area (Å²) in [6, 6.07) is 0.818. The molecule has 3 aliphatic heterocycles. The van der Waals surface area contributed by atoms with Crippen LogP contribution in [0, 0.1) is 0 Å². The molecule has 3 fully saturated rings. The van der Waals surface area contributed by atoms with Gasteiger partial charge >= 0.3 is 6.18 Å². The Bertz CT molecular complexity index is 787. The van der Waals surface area contributed by atoms with E-state index in [2.05, 4.69) is 15.2 Å². The van der Waals surface area contributed by atoms with E-state index < -0.39 is 17.9 Å². The van der Waals surface area contributed by atoms with Crippen molar-refractivity contribution in [2.75, 3.05) is 50.7 Å². The molecule has 0 aliphatic carbocycles. The van der Waals surface area contributed by atoms with Crippen molar-refractivity contribution in [3.63, 3.8) is 0 Å². The smallest absolute Gasteiger partial charge is 0.353 e. The van der Waals surface area contributed by atoms with E-state index in [1.54, 1.807) is 4.90 Å². The van der Waals surface area contributed by atoms with Gasteiger partial charge in [0.1, 0.15) is 12.0 Å². The number of aromatic nitrogens is 1. The highest BCUT2D eigenvalue weighted by Gasteiger charge is 2.38. The van der Waals surface area contributed by atoms with Crippen LogP contribution >= 0.6 is 11.6 Å². The maximum Gasteiger partial charge on any atom is 0.417 e. The number of nitrogens with one attached hydrogen (secondary N) is 1. The zero-order valence-electron chi connectivity index (χ0n) is 16.3. The van der Waals surface area contributed by atoms with Gasteiger partial charge in [0, 0.05) is 51.5 Å². The molecule has 1 aromatic heterocycles. The van der Waals surface area contributed by atoms with Crippen LogP contribution in [0.3, 0.4) is 0 Å². The second-order valence-electron chi connectivity index (χ2n) is 8.07. The fourth-order valence-electron chi connectivity index (χ4n) is 4.44. The number of hydrogen-bond donors (Lipinski definition) is 1. The van der Waals surface area contributed by atoms with E-state index >= 15 is 0 Å². The van der Waals surface area contributed by atoms with Crippen molar-refractivity contribution in [1.82, 2.24) is 20.1 Å². The van der Waals surface area contributed by atoms with E-state index in [-0.39, 0.29) is 29.6 Å². The van der Waals surface area contributed by atoms with Crippen LogP contribution < -0.4 is 10.2 Å². The van der Waals surface area contributed by atoms with Gasteiger partial charge in [-0.05, 0) is 18.9 Å². The van der Waals surface area contributed by atoms with Crippen LogP contribution in [0.15, 0.2) is 12.3 Å². The number of hydrogen-bond acceptors (Lipinski definition) is 5. The van der Waals surface area contributed by atoms with Crippen molar-refractivity contribution in [1.29, 1.82) is 0 Å². The van der Waals surface area contributed by atoms with Gasteiger partial charge in [-0.25, -0.2) is 9.37 Å². The fraction of sp³-hybridized carbons (Fsp3) is 0.684. The standard InChI is InChI=1S/C19H24ClF4N5O/c20-15-7-12(19(22,23)24)9-26-17(15)28-5-3-27(4-6-28)14-8-16(25-10-14)18(30)29-2-1-13(21)11-29/h7,9,13-14,16,25H,1-6,8,10-11H2/t13?,14-,16-/m0/s1. The summed E-state index contributed by atoms with van der Waals surface area (Å²) in [5.41, 5.74) is -0.861. The number of halogens is 5. The van der Waals surface area contributed by atoms with Gasteiger partial charge in [-0.1, -0.05) is 11.6 Å². The molecule has 11 heteroatoms. The van der Waals surface area contributed by atoms with Gasteiger partial charge < -0.3 is 15.1 Å². The van der Waals surface area contributed by atoms with Crippen molar-refractivity contribution >= 4 is 23.3 Å². The van der Waals surface area contributed by atoms with Gasteiger partial charge in [0.05, 0.1) is 23.2 Å². The lowest BCUT2D eigenvalue weighted by Crippen LogP contribution is -2.51. The highest BCUT2D eigenvalue weighted by atomic mass is 35.5. The van der Waals surface area contributed by atoms with Crippen LogP contribution in [0.5, 0.6) is 0 Å². The first-order chi connectivity index (χ1) is 14.2. The number of carbonyl (C=O) groups excluding carboxylic acids is 1. The second-order valence-corrected chi connectivity index (χ2v) is 8.48. The van der Waals surface area contributed by atoms with Crippen LogP contribution in [-0.4, -0.2) is 84.8 Å². The van der Waals surface area contributed by atoms with Crippen molar-refractivity contribution in [2.45, 2.75) is 37.3 Å². The summed E-state index contributed by atoms with van der Waals surface area (Å²) in [5.74, 6) is 0.328. The van der Waals surface area contributed by atoms with Gasteiger partial charge in [0.25, 0.3) is 0 Å². The third kappa shape index (κ3) is 4.50. The summed E-state index contributed by atoms with van der Waals surface area (Å²) in [6.45, 7) is 3.91. The predicted octanol–water partition coefficient (Wildman–Crippen LogP) is 2.18. The third-order valence-corrected chi connectivity index (χ3v) is 6.41. The maximum atomic E-state index is 13.4. The molecule has 6 nitrogen and oxygen atoms in total. The number of pyridine rings is 1. The molecule has 0 saturated carbocycles. The van der Waals surface area contributed by atoms with Crippen LogP contribution in [0.25, 0.3) is 0 Å². The molecule has 0 radical (unpaired) electrons. The summed E-state index contributed by atoms with van der Waals surface area (Å²) < 4.78 is 51.8. The number of likely N-dealkylation sites (tertiary alicyclic amines) is 1. The Labute approximate surface area is 177 Å². The largest absolute Gasteiger partial charge is 0.417 e. The highest BCUT2D eigenvalue weighted by molar-refractivity contribution is 6.33. The molecule has 3 atom stereocenters. The fourth-order valence-corrected chi connectivity index (χ4v) is 4.72. The first kappa shape index (κ1) is 21.6. The summed E-state index contributed by atoms with van der Waals surface area (Å²) in [6.07, 6.45) is -3.51. The van der Waals surface area contributed by atoms with Crippen molar-refractivity contribution < 1.29 is 22.4 Å². The Morgan fingerprint density at radius 2 is 1.93 bits per heavy atom. The minimum Gasteiger partial charge on any atom is -0.353 e. The Morgan fingerprint density at radius 1 is 1.20 bits per heavy atom. The van der Waals surface area contributed by atoms with Gasteiger partial charge in [-0.2, -0.15) is 13.2 Å². The predicted molar refractivity (Wildman–Crippen MR) is 104 cm³/mol. The maximum absolute atomic E-state index is 13.4. The number of piperazine rings is 1. The van der Waals surface area contributed by atoms with Crippen LogP contribution in [0.2, 0.25) is 5.02 Å². The Hall–Kier alpha value is -1.65. The zero-order valence-corrected chi connectivity index (χ0v) is 17.1. The Kier molecular flexibility index (Phi) is 6.09. The van der Waals surface area contributed by atoms with E-state index in [0.717, 1.165) is 12.3 Å². The van der Waals surface area contributed by atoms with E-state index in [9.17, 15) is 22.4 Å². The zero-order chi connectivity index (χ0) is 21.5. The molecule has 0 bridgehead atoms. The molecule has 0 aromatic carbocycles. The molecule has 1 N–H and O–H groups in total.